The molecule has 1 aliphatic carbocycles. The van der Waals surface area contributed by atoms with Crippen LogP contribution in [0.4, 0.5) is 17.2 Å². The van der Waals surface area contributed by atoms with Gasteiger partial charge in [-0.1, -0.05) is 31.2 Å². The molecule has 10 heteroatoms. The number of thiophene rings is 1. The monoisotopic (exact) mass is 570 g/mol. The Bertz CT molecular complexity index is 1660. The molecule has 5 N–H and O–H groups in total. The topological polar surface area (TPSA) is 131 Å². The number of nitrogens with one attached hydrogen (secondary N) is 3. The number of hydrogen-bond donors (Lipinski definition) is 4. The molecule has 1 atom stereocenters. The van der Waals surface area contributed by atoms with Gasteiger partial charge in [-0.15, -0.1) is 11.3 Å². The van der Waals surface area contributed by atoms with Crippen LogP contribution in [-0.2, 0) is 31.2 Å². The number of anilines is 3. The molecule has 0 saturated carbocycles. The summed E-state index contributed by atoms with van der Waals surface area (Å²) in [6, 6.07) is 15.2. The fourth-order valence-electron chi connectivity index (χ4n) is 5.04. The van der Waals surface area contributed by atoms with E-state index in [2.05, 4.69) is 27.9 Å². The van der Waals surface area contributed by atoms with E-state index in [1.165, 1.54) is 21.4 Å². The van der Waals surface area contributed by atoms with E-state index in [1.54, 1.807) is 24.6 Å². The maximum atomic E-state index is 13.2. The van der Waals surface area contributed by atoms with Crippen molar-refractivity contribution in [2.75, 3.05) is 17.2 Å². The number of nitrogens with zero attached hydrogens (tertiary/aromatic N) is 2. The largest absolute Gasteiger partial charge is 0.369 e. The third-order valence-electron chi connectivity index (χ3n) is 7.33. The molecular formula is C31H34N6O3S. The minimum atomic E-state index is -0.413. The Morgan fingerprint density at radius 3 is 2.71 bits per heavy atom. The predicted molar refractivity (Wildman–Crippen MR) is 164 cm³/mol. The second-order valence-corrected chi connectivity index (χ2v) is 11.8. The summed E-state index contributed by atoms with van der Waals surface area (Å²) in [6.07, 6.45) is 4.93. The Balaban J connectivity index is 1.35. The van der Waals surface area contributed by atoms with Gasteiger partial charge in [0, 0.05) is 41.6 Å². The second kappa shape index (κ2) is 12.1. The van der Waals surface area contributed by atoms with E-state index in [-0.39, 0.29) is 23.8 Å². The van der Waals surface area contributed by atoms with Gasteiger partial charge >= 0.3 is 0 Å². The van der Waals surface area contributed by atoms with Crippen molar-refractivity contribution in [3.05, 3.63) is 91.5 Å². The molecule has 0 bridgehead atoms. The fourth-order valence-corrected chi connectivity index (χ4v) is 6.14. The number of benzene rings is 2. The summed E-state index contributed by atoms with van der Waals surface area (Å²) in [4.78, 5) is 43.7. The molecular weight excluding hydrogens is 536 g/mol. The van der Waals surface area contributed by atoms with Crippen LogP contribution in [-0.4, -0.2) is 27.9 Å². The number of rotatable bonds is 9. The Morgan fingerprint density at radius 1 is 1.17 bits per heavy atom. The molecule has 212 valence electrons. The van der Waals surface area contributed by atoms with Crippen molar-refractivity contribution in [3.8, 4) is 11.3 Å². The van der Waals surface area contributed by atoms with E-state index in [0.29, 0.717) is 29.5 Å². The number of hydrogen-bond acceptors (Lipinski definition) is 7. The molecule has 2 aromatic carbocycles. The van der Waals surface area contributed by atoms with E-state index >= 15 is 0 Å². The van der Waals surface area contributed by atoms with Gasteiger partial charge in [0.1, 0.15) is 0 Å². The zero-order valence-corrected chi connectivity index (χ0v) is 24.2. The van der Waals surface area contributed by atoms with Crippen molar-refractivity contribution in [2.45, 2.75) is 39.7 Å². The lowest BCUT2D eigenvalue weighted by molar-refractivity contribution is -0.117. The number of nitrogens with two attached hydrogens (primary N) is 1. The van der Waals surface area contributed by atoms with Crippen LogP contribution in [0.5, 0.6) is 0 Å². The number of aromatic nitrogens is 2. The smallest absolute Gasteiger partial charge is 0.293 e. The molecule has 1 aliphatic rings. The van der Waals surface area contributed by atoms with E-state index in [1.807, 2.05) is 55.5 Å². The molecule has 1 unspecified atom stereocenters. The summed E-state index contributed by atoms with van der Waals surface area (Å²) in [7, 11) is 1.69. The van der Waals surface area contributed by atoms with Crippen LogP contribution in [0.3, 0.4) is 0 Å². The summed E-state index contributed by atoms with van der Waals surface area (Å²) < 4.78 is 1.49. The molecule has 0 radical (unpaired) electrons. The van der Waals surface area contributed by atoms with Crippen molar-refractivity contribution >= 4 is 40.3 Å². The maximum absolute atomic E-state index is 13.2. The lowest BCUT2D eigenvalue weighted by Crippen LogP contribution is -2.28. The first-order chi connectivity index (χ1) is 19.7. The molecule has 2 amide bonds. The lowest BCUT2D eigenvalue weighted by Gasteiger charge is -2.16. The molecule has 9 nitrogen and oxygen atoms in total. The standard InChI is InChI=1S/C31H34N6O3S/c1-18-7-12-26-21(13-18)14-27(41-26)30(39)36-24-6-4-5-23(19(24)2)25-17-37(3)31(40)29(35-25)34-22-10-8-20(9-11-22)15-33-16-28(32)38/h4-6,8-11,14,17-18,33H,7,12-13,15-16H2,1-3H3,(H2,32,38)(H,34,35)(H,36,39). The van der Waals surface area contributed by atoms with Gasteiger partial charge in [-0.05, 0) is 73.1 Å². The van der Waals surface area contributed by atoms with E-state index < -0.39 is 5.91 Å². The summed E-state index contributed by atoms with van der Waals surface area (Å²) >= 11 is 1.59. The van der Waals surface area contributed by atoms with Crippen molar-refractivity contribution in [3.63, 3.8) is 0 Å². The molecule has 41 heavy (non-hydrogen) atoms. The van der Waals surface area contributed by atoms with Gasteiger partial charge in [0.2, 0.25) is 5.91 Å². The van der Waals surface area contributed by atoms with Crippen LogP contribution in [0, 0.1) is 12.8 Å². The third-order valence-corrected chi connectivity index (χ3v) is 8.56. The van der Waals surface area contributed by atoms with E-state index in [9.17, 15) is 14.4 Å². The van der Waals surface area contributed by atoms with Crippen molar-refractivity contribution < 1.29 is 9.59 Å². The van der Waals surface area contributed by atoms with Crippen LogP contribution in [0.2, 0.25) is 0 Å². The number of carbonyl (C=O) groups is 2. The van der Waals surface area contributed by atoms with Crippen molar-refractivity contribution in [1.29, 1.82) is 0 Å². The van der Waals surface area contributed by atoms with Gasteiger partial charge in [-0.25, -0.2) is 4.98 Å². The normalized spacial score (nSPS) is 14.4. The first-order valence-electron chi connectivity index (χ1n) is 13.6. The molecule has 2 aromatic heterocycles. The minimum Gasteiger partial charge on any atom is -0.369 e. The average Bonchev–Trinajstić information content (AvgIpc) is 3.36. The molecule has 0 spiro atoms. The molecule has 2 heterocycles. The van der Waals surface area contributed by atoms with Crippen LogP contribution in [0.25, 0.3) is 11.3 Å². The predicted octanol–water partition coefficient (Wildman–Crippen LogP) is 4.51. The van der Waals surface area contributed by atoms with Gasteiger partial charge in [-0.2, -0.15) is 0 Å². The summed E-state index contributed by atoms with van der Waals surface area (Å²) in [6.45, 7) is 4.80. The van der Waals surface area contributed by atoms with Crippen LogP contribution in [0.1, 0.15) is 44.6 Å². The van der Waals surface area contributed by atoms with Gasteiger partial charge in [0.05, 0.1) is 17.1 Å². The molecule has 5 rings (SSSR count). The Morgan fingerprint density at radius 2 is 1.95 bits per heavy atom. The Hall–Kier alpha value is -4.28. The quantitative estimate of drug-likeness (QED) is 0.234. The maximum Gasteiger partial charge on any atom is 0.293 e. The fraction of sp³-hybridized carbons (Fsp3) is 0.290. The zero-order valence-electron chi connectivity index (χ0n) is 23.4. The second-order valence-electron chi connectivity index (χ2n) is 10.6. The molecule has 4 aromatic rings. The van der Waals surface area contributed by atoms with Gasteiger partial charge in [0.25, 0.3) is 11.5 Å². The van der Waals surface area contributed by atoms with Gasteiger partial charge in [0.15, 0.2) is 5.82 Å². The van der Waals surface area contributed by atoms with Crippen LogP contribution in [0.15, 0.2) is 59.5 Å². The third kappa shape index (κ3) is 6.55. The number of fused-ring (bicyclic) bond motifs is 1. The Kier molecular flexibility index (Phi) is 8.32. The first-order valence-corrected chi connectivity index (χ1v) is 14.4. The minimum absolute atomic E-state index is 0.103. The Labute approximate surface area is 242 Å². The number of amides is 2. The molecule has 0 saturated heterocycles. The van der Waals surface area contributed by atoms with E-state index in [4.69, 9.17) is 5.73 Å². The number of aryl methyl sites for hydroxylation is 2. The highest BCUT2D eigenvalue weighted by Crippen LogP contribution is 2.33. The van der Waals surface area contributed by atoms with Crippen molar-refractivity contribution in [1.82, 2.24) is 14.9 Å². The highest BCUT2D eigenvalue weighted by Gasteiger charge is 2.21. The van der Waals surface area contributed by atoms with E-state index in [0.717, 1.165) is 34.4 Å². The highest BCUT2D eigenvalue weighted by molar-refractivity contribution is 7.14. The molecule has 0 aliphatic heterocycles. The van der Waals surface area contributed by atoms with Crippen LogP contribution < -0.4 is 27.2 Å². The summed E-state index contributed by atoms with van der Waals surface area (Å²) in [5.41, 5.74) is 10.9. The SMILES string of the molecule is Cc1c(NC(=O)c2cc3c(s2)CCC(C)C3)cccc1-c1cn(C)c(=O)c(Nc2ccc(CNCC(N)=O)cc2)n1. The van der Waals surface area contributed by atoms with Crippen molar-refractivity contribution in [2.24, 2.45) is 18.7 Å². The average molecular weight is 571 g/mol. The first kappa shape index (κ1) is 28.3. The van der Waals surface area contributed by atoms with Crippen LogP contribution >= 0.6 is 11.3 Å². The van der Waals surface area contributed by atoms with Gasteiger partial charge < -0.3 is 26.3 Å². The zero-order chi connectivity index (χ0) is 29.1. The number of carbonyl (C=O) groups excluding carboxylic acids is 2. The number of primary amides is 1. The summed E-state index contributed by atoms with van der Waals surface area (Å²) in [5, 5.41) is 9.19. The highest BCUT2D eigenvalue weighted by atomic mass is 32.1. The molecule has 0 fully saturated rings. The lowest BCUT2D eigenvalue weighted by atomic mass is 9.90. The summed E-state index contributed by atoms with van der Waals surface area (Å²) in [5.74, 6) is 0.318. The van der Waals surface area contributed by atoms with Gasteiger partial charge in [-0.3, -0.25) is 14.4 Å².